The lowest BCUT2D eigenvalue weighted by atomic mass is 10.3. The summed E-state index contributed by atoms with van der Waals surface area (Å²) < 4.78 is 32.9. The number of nitrogens with zero attached hydrogens (tertiary/aromatic N) is 3. The molecular formula is C8H7F2N3O2. The van der Waals surface area contributed by atoms with E-state index in [2.05, 4.69) is 14.8 Å². The Morgan fingerprint density at radius 1 is 1.40 bits per heavy atom. The maximum absolute atomic E-state index is 12.0. The van der Waals surface area contributed by atoms with E-state index in [1.807, 2.05) is 0 Å². The first-order valence-corrected chi connectivity index (χ1v) is 3.85. The van der Waals surface area contributed by atoms with Gasteiger partial charge in [-0.2, -0.15) is 8.78 Å². The number of hydrogen-bond donors (Lipinski definition) is 0. The second kappa shape index (κ2) is 5.02. The fourth-order valence-corrected chi connectivity index (χ4v) is 0.967. The van der Waals surface area contributed by atoms with Crippen molar-refractivity contribution in [2.45, 2.75) is 6.61 Å². The van der Waals surface area contributed by atoms with Crippen LogP contribution < -0.4 is 9.47 Å². The van der Waals surface area contributed by atoms with E-state index >= 15 is 0 Å². The van der Waals surface area contributed by atoms with E-state index in [9.17, 15) is 8.78 Å². The lowest BCUT2D eigenvalue weighted by Gasteiger charge is -2.09. The van der Waals surface area contributed by atoms with Crippen molar-refractivity contribution in [3.63, 3.8) is 0 Å². The molecule has 0 aliphatic heterocycles. The molecule has 0 fully saturated rings. The largest absolute Gasteiger partial charge is 0.493 e. The summed E-state index contributed by atoms with van der Waals surface area (Å²) in [5, 5.41) is 3.25. The Balaban J connectivity index is 3.06. The first kappa shape index (κ1) is 11.1. The molecule has 0 aliphatic rings. The van der Waals surface area contributed by atoms with Gasteiger partial charge >= 0.3 is 6.61 Å². The maximum Gasteiger partial charge on any atom is 0.387 e. The van der Waals surface area contributed by atoms with E-state index in [4.69, 9.17) is 10.3 Å². The summed E-state index contributed by atoms with van der Waals surface area (Å²) >= 11 is 0. The number of halogens is 2. The van der Waals surface area contributed by atoms with Gasteiger partial charge in [-0.05, 0) is 23.7 Å². The summed E-state index contributed by atoms with van der Waals surface area (Å²) in [5.41, 5.74) is 8.33. The van der Waals surface area contributed by atoms with Crippen molar-refractivity contribution in [2.24, 2.45) is 5.11 Å². The predicted octanol–water partition coefficient (Wildman–Crippen LogP) is 3.24. The molecule has 0 amide bonds. The number of ether oxygens (including phenoxy) is 2. The molecule has 0 heterocycles. The average Bonchev–Trinajstić information content (AvgIpc) is 2.18. The Bertz CT molecular complexity index is 391. The van der Waals surface area contributed by atoms with Gasteiger partial charge in [0, 0.05) is 10.6 Å². The van der Waals surface area contributed by atoms with Crippen LogP contribution in [0.1, 0.15) is 0 Å². The van der Waals surface area contributed by atoms with Gasteiger partial charge in [0.1, 0.15) is 0 Å². The van der Waals surface area contributed by atoms with E-state index in [1.165, 1.54) is 25.3 Å². The van der Waals surface area contributed by atoms with Gasteiger partial charge < -0.3 is 9.47 Å². The lowest BCUT2D eigenvalue weighted by Crippen LogP contribution is -2.03. The van der Waals surface area contributed by atoms with Crippen molar-refractivity contribution in [3.05, 3.63) is 28.6 Å². The van der Waals surface area contributed by atoms with Crippen molar-refractivity contribution >= 4 is 5.69 Å². The molecular weight excluding hydrogens is 208 g/mol. The van der Waals surface area contributed by atoms with E-state index in [0.29, 0.717) is 0 Å². The van der Waals surface area contributed by atoms with Gasteiger partial charge in [0.15, 0.2) is 11.5 Å². The van der Waals surface area contributed by atoms with Crippen LogP contribution >= 0.6 is 0 Å². The zero-order chi connectivity index (χ0) is 11.3. The molecule has 0 aromatic heterocycles. The van der Waals surface area contributed by atoms with E-state index in [-0.39, 0.29) is 17.2 Å². The van der Waals surface area contributed by atoms with Gasteiger partial charge in [0.25, 0.3) is 0 Å². The van der Waals surface area contributed by atoms with Crippen LogP contribution in [0.4, 0.5) is 14.5 Å². The van der Waals surface area contributed by atoms with Gasteiger partial charge in [0.2, 0.25) is 0 Å². The molecule has 0 spiro atoms. The quantitative estimate of drug-likeness (QED) is 0.439. The fourth-order valence-electron chi connectivity index (χ4n) is 0.967. The lowest BCUT2D eigenvalue weighted by molar-refractivity contribution is -0.0511. The predicted molar refractivity (Wildman–Crippen MR) is 48.4 cm³/mol. The Hall–Kier alpha value is -2.01. The number of alkyl halides is 2. The summed E-state index contributed by atoms with van der Waals surface area (Å²) in [5.74, 6) is -0.0235. The van der Waals surface area contributed by atoms with E-state index < -0.39 is 6.61 Å². The molecule has 1 aromatic carbocycles. The normalized spacial score (nSPS) is 9.60. The standard InChI is InChI=1S/C8H7F2N3O2/c1-14-6-3-2-5(12-13-11)4-7(6)15-8(9)10/h2-4,8H,1H3. The minimum absolute atomic E-state index is 0.146. The third-order valence-corrected chi connectivity index (χ3v) is 1.52. The molecule has 0 bridgehead atoms. The molecule has 1 rings (SSSR count). The summed E-state index contributed by atoms with van der Waals surface area (Å²) in [6, 6.07) is 3.98. The van der Waals surface area contributed by atoms with Gasteiger partial charge in [-0.25, -0.2) is 0 Å². The summed E-state index contributed by atoms with van der Waals surface area (Å²) in [6.45, 7) is -2.96. The van der Waals surface area contributed by atoms with Crippen LogP contribution in [0.25, 0.3) is 10.4 Å². The molecule has 0 radical (unpaired) electrons. The van der Waals surface area contributed by atoms with Gasteiger partial charge in [-0.1, -0.05) is 5.11 Å². The molecule has 0 unspecified atom stereocenters. The maximum atomic E-state index is 12.0. The highest BCUT2D eigenvalue weighted by molar-refractivity contribution is 5.51. The minimum Gasteiger partial charge on any atom is -0.493 e. The number of hydrogen-bond acceptors (Lipinski definition) is 3. The van der Waals surface area contributed by atoms with Gasteiger partial charge in [0.05, 0.1) is 7.11 Å². The van der Waals surface area contributed by atoms with Crippen LogP contribution in [0.5, 0.6) is 11.5 Å². The molecule has 15 heavy (non-hydrogen) atoms. The van der Waals surface area contributed by atoms with Crippen molar-refractivity contribution < 1.29 is 18.3 Å². The second-order valence-corrected chi connectivity index (χ2v) is 2.40. The molecule has 1 aromatic rings. The summed E-state index contributed by atoms with van der Waals surface area (Å²) in [7, 11) is 1.32. The van der Waals surface area contributed by atoms with Crippen molar-refractivity contribution in [1.82, 2.24) is 0 Å². The molecule has 80 valence electrons. The second-order valence-electron chi connectivity index (χ2n) is 2.40. The van der Waals surface area contributed by atoms with Crippen molar-refractivity contribution in [2.75, 3.05) is 7.11 Å². The molecule has 0 aliphatic carbocycles. The molecule has 0 saturated heterocycles. The first-order chi connectivity index (χ1) is 7.17. The van der Waals surface area contributed by atoms with E-state index in [0.717, 1.165) is 0 Å². The smallest absolute Gasteiger partial charge is 0.387 e. The van der Waals surface area contributed by atoms with Crippen LogP contribution in [0.2, 0.25) is 0 Å². The Labute approximate surface area is 83.9 Å². The van der Waals surface area contributed by atoms with Crippen molar-refractivity contribution in [1.29, 1.82) is 0 Å². The number of rotatable bonds is 4. The number of benzene rings is 1. The van der Waals surface area contributed by atoms with Crippen LogP contribution in [0.3, 0.4) is 0 Å². The van der Waals surface area contributed by atoms with Crippen LogP contribution in [-0.4, -0.2) is 13.7 Å². The van der Waals surface area contributed by atoms with Gasteiger partial charge in [-0.3, -0.25) is 0 Å². The summed E-state index contributed by atoms with van der Waals surface area (Å²) in [4.78, 5) is 2.52. The third-order valence-electron chi connectivity index (χ3n) is 1.52. The molecule has 0 atom stereocenters. The monoisotopic (exact) mass is 215 g/mol. The SMILES string of the molecule is COc1ccc(N=[N+]=[N-])cc1OC(F)F. The summed E-state index contributed by atoms with van der Waals surface area (Å²) in [6.07, 6.45) is 0. The van der Waals surface area contributed by atoms with Gasteiger partial charge in [-0.15, -0.1) is 0 Å². The zero-order valence-electron chi connectivity index (χ0n) is 7.72. The van der Waals surface area contributed by atoms with Crippen LogP contribution in [0.15, 0.2) is 23.3 Å². The molecule has 0 saturated carbocycles. The third kappa shape index (κ3) is 2.99. The first-order valence-electron chi connectivity index (χ1n) is 3.85. The Morgan fingerprint density at radius 2 is 2.13 bits per heavy atom. The highest BCUT2D eigenvalue weighted by Gasteiger charge is 2.10. The highest BCUT2D eigenvalue weighted by Crippen LogP contribution is 2.32. The molecule has 5 nitrogen and oxygen atoms in total. The fraction of sp³-hybridized carbons (Fsp3) is 0.250. The van der Waals surface area contributed by atoms with Crippen molar-refractivity contribution in [3.8, 4) is 11.5 Å². The van der Waals surface area contributed by atoms with E-state index in [1.54, 1.807) is 0 Å². The average molecular weight is 215 g/mol. The highest BCUT2D eigenvalue weighted by atomic mass is 19.3. The molecule has 7 heteroatoms. The van der Waals surface area contributed by atoms with Crippen LogP contribution in [0, 0.1) is 0 Å². The zero-order valence-corrected chi connectivity index (χ0v) is 7.72. The number of methoxy groups -OCH3 is 1. The number of azide groups is 1. The molecule has 0 N–H and O–H groups in total. The Morgan fingerprint density at radius 3 is 2.67 bits per heavy atom. The van der Waals surface area contributed by atoms with Crippen LogP contribution in [-0.2, 0) is 0 Å². The topological polar surface area (TPSA) is 67.2 Å². The minimum atomic E-state index is -2.96. The Kier molecular flexibility index (Phi) is 3.70.